The van der Waals surface area contributed by atoms with E-state index in [2.05, 4.69) is 59.6 Å². The zero-order valence-electron chi connectivity index (χ0n) is 26.7. The summed E-state index contributed by atoms with van der Waals surface area (Å²) in [5.41, 5.74) is 1.67. The van der Waals surface area contributed by atoms with Crippen LogP contribution in [0.4, 0.5) is 23.3 Å². The van der Waals surface area contributed by atoms with Gasteiger partial charge in [0.2, 0.25) is 11.9 Å². The van der Waals surface area contributed by atoms with E-state index in [1.54, 1.807) is 13.3 Å². The summed E-state index contributed by atoms with van der Waals surface area (Å²) in [6.45, 7) is 12.3. The molecule has 0 aliphatic carbocycles. The Labute approximate surface area is 265 Å². The Morgan fingerprint density at radius 2 is 1.87 bits per heavy atom. The lowest BCUT2D eigenvalue weighted by Gasteiger charge is -2.62. The number of anilines is 4. The number of nitrogens with zero attached hydrogens (tertiary/aromatic N) is 6. The molecule has 5 heterocycles. The molecule has 2 aromatic heterocycles. The molecule has 240 valence electrons. The summed E-state index contributed by atoms with van der Waals surface area (Å²) in [6.07, 6.45) is 9.30. The number of fused-ring (bicyclic) bond motifs is 1. The number of benzene rings is 1. The summed E-state index contributed by atoms with van der Waals surface area (Å²) < 4.78 is 30.0. The summed E-state index contributed by atoms with van der Waals surface area (Å²) in [5.74, 6) is 2.01. The molecular formula is C33H43N7O4S. The predicted octanol–water partition coefficient (Wildman–Crippen LogP) is 4.49. The van der Waals surface area contributed by atoms with Crippen molar-refractivity contribution in [2.45, 2.75) is 63.8 Å². The first-order valence-electron chi connectivity index (χ1n) is 15.6. The van der Waals surface area contributed by atoms with Gasteiger partial charge in [0, 0.05) is 74.0 Å². The molecule has 3 saturated heterocycles. The van der Waals surface area contributed by atoms with Crippen molar-refractivity contribution in [3.8, 4) is 0 Å². The van der Waals surface area contributed by atoms with Gasteiger partial charge in [0.25, 0.3) is 0 Å². The van der Waals surface area contributed by atoms with Crippen LogP contribution in [0.15, 0.2) is 49.3 Å². The SMILES string of the molecule is C=CC(=O)N1CC[C@@H]1c1ccc(N2[C@H](C)[C@@H](CS(C)(=O)=O)C2(C)C)c2cnc(Nc3ccnc(N4CCC(OC)CC4)n3)cc12. The number of piperidine rings is 1. The highest BCUT2D eigenvalue weighted by atomic mass is 32.2. The second-order valence-electron chi connectivity index (χ2n) is 13.1. The number of aromatic nitrogens is 3. The Balaban J connectivity index is 1.35. The fourth-order valence-corrected chi connectivity index (χ4v) is 8.83. The van der Waals surface area contributed by atoms with Crippen LogP contribution < -0.4 is 15.1 Å². The number of carbonyl (C=O) groups is 1. The minimum Gasteiger partial charge on any atom is -0.381 e. The third-order valence-corrected chi connectivity index (χ3v) is 10.9. The van der Waals surface area contributed by atoms with Crippen LogP contribution in [0, 0.1) is 5.92 Å². The van der Waals surface area contributed by atoms with Crippen molar-refractivity contribution in [1.82, 2.24) is 19.9 Å². The van der Waals surface area contributed by atoms with Crippen molar-refractivity contribution in [1.29, 1.82) is 0 Å². The third-order valence-electron chi connectivity index (χ3n) is 9.96. The van der Waals surface area contributed by atoms with Crippen molar-refractivity contribution in [2.75, 3.05) is 53.9 Å². The maximum absolute atomic E-state index is 12.6. The number of hydrogen-bond donors (Lipinski definition) is 1. The molecule has 0 spiro atoms. The Morgan fingerprint density at radius 1 is 1.11 bits per heavy atom. The quantitative estimate of drug-likeness (QED) is 0.338. The molecule has 0 saturated carbocycles. The van der Waals surface area contributed by atoms with E-state index in [1.165, 1.54) is 12.3 Å². The minimum absolute atomic E-state index is 0.00397. The van der Waals surface area contributed by atoms with Crippen molar-refractivity contribution < 1.29 is 17.9 Å². The third kappa shape index (κ3) is 5.85. The van der Waals surface area contributed by atoms with E-state index in [1.807, 2.05) is 23.2 Å². The maximum atomic E-state index is 12.6. The molecule has 3 aliphatic heterocycles. The molecule has 45 heavy (non-hydrogen) atoms. The monoisotopic (exact) mass is 633 g/mol. The van der Waals surface area contributed by atoms with Gasteiger partial charge in [-0.3, -0.25) is 4.79 Å². The Kier molecular flexibility index (Phi) is 8.23. The van der Waals surface area contributed by atoms with Gasteiger partial charge in [-0.1, -0.05) is 12.6 Å². The number of rotatable bonds is 9. The Morgan fingerprint density at radius 3 is 2.49 bits per heavy atom. The predicted molar refractivity (Wildman–Crippen MR) is 178 cm³/mol. The normalized spacial score (nSPS) is 23.4. The highest BCUT2D eigenvalue weighted by molar-refractivity contribution is 7.90. The number of amides is 1. The van der Waals surface area contributed by atoms with Gasteiger partial charge in [0.05, 0.1) is 17.9 Å². The van der Waals surface area contributed by atoms with Crippen LogP contribution in [0.1, 0.15) is 51.6 Å². The number of likely N-dealkylation sites (tertiary alicyclic amines) is 1. The maximum Gasteiger partial charge on any atom is 0.246 e. The van der Waals surface area contributed by atoms with Gasteiger partial charge < -0.3 is 24.8 Å². The Hall–Kier alpha value is -3.77. The van der Waals surface area contributed by atoms with E-state index < -0.39 is 9.84 Å². The van der Waals surface area contributed by atoms with Gasteiger partial charge in [0.15, 0.2) is 0 Å². The van der Waals surface area contributed by atoms with Crippen molar-refractivity contribution in [3.05, 3.63) is 54.9 Å². The van der Waals surface area contributed by atoms with E-state index in [9.17, 15) is 13.2 Å². The summed E-state index contributed by atoms with van der Waals surface area (Å²) in [5, 5.41) is 5.33. The van der Waals surface area contributed by atoms with Gasteiger partial charge in [-0.05, 0) is 75.3 Å². The average Bonchev–Trinajstić information content (AvgIpc) is 3.00. The first-order valence-corrected chi connectivity index (χ1v) is 17.7. The molecule has 12 heteroatoms. The number of pyridine rings is 1. The van der Waals surface area contributed by atoms with Gasteiger partial charge in [0.1, 0.15) is 21.5 Å². The molecule has 6 rings (SSSR count). The molecule has 1 amide bonds. The first kappa shape index (κ1) is 31.2. The zero-order chi connectivity index (χ0) is 32.1. The number of sulfone groups is 1. The first-order chi connectivity index (χ1) is 21.4. The highest BCUT2D eigenvalue weighted by Gasteiger charge is 2.53. The van der Waals surface area contributed by atoms with Crippen LogP contribution in [-0.2, 0) is 19.4 Å². The standard InChI is InChI=1S/C33H43N7O4S/c1-7-31(41)39-17-13-27(39)23-8-9-28(40-21(2)26(33(40,3)4)20-45(6,42)43)25-19-35-30(18-24(23)25)36-29-10-14-34-32(37-29)38-15-11-22(44-5)12-16-38/h7-10,14,18-19,21-22,26-27H,1,11-13,15-17,20H2,2-6H3,(H,34,35,36,37)/t21-,26-,27-/m1/s1. The minimum atomic E-state index is -3.13. The molecule has 1 aromatic carbocycles. The smallest absolute Gasteiger partial charge is 0.246 e. The molecular weight excluding hydrogens is 590 g/mol. The lowest BCUT2D eigenvalue weighted by Crippen LogP contribution is -2.71. The van der Waals surface area contributed by atoms with E-state index in [0.29, 0.717) is 24.1 Å². The molecule has 0 unspecified atom stereocenters. The molecule has 1 N–H and O–H groups in total. The van der Waals surface area contributed by atoms with Crippen LogP contribution >= 0.6 is 0 Å². The number of carbonyl (C=O) groups excluding carboxylic acids is 1. The van der Waals surface area contributed by atoms with E-state index >= 15 is 0 Å². The molecule has 0 radical (unpaired) electrons. The number of nitrogens with one attached hydrogen (secondary N) is 1. The zero-order valence-corrected chi connectivity index (χ0v) is 27.5. The second kappa shape index (κ2) is 11.9. The second-order valence-corrected chi connectivity index (χ2v) is 15.3. The molecule has 3 aliphatic rings. The Bertz CT molecular complexity index is 1720. The molecule has 11 nitrogen and oxygen atoms in total. The lowest BCUT2D eigenvalue weighted by atomic mass is 9.71. The van der Waals surface area contributed by atoms with Crippen LogP contribution in [-0.4, -0.2) is 90.6 Å². The lowest BCUT2D eigenvalue weighted by molar-refractivity contribution is -0.133. The number of methoxy groups -OCH3 is 1. The van der Waals surface area contributed by atoms with E-state index in [0.717, 1.165) is 54.4 Å². The molecule has 3 aromatic rings. The fraction of sp³-hybridized carbons (Fsp3) is 0.515. The topological polar surface area (TPSA) is 121 Å². The van der Waals surface area contributed by atoms with Crippen LogP contribution in [0.25, 0.3) is 10.8 Å². The van der Waals surface area contributed by atoms with Gasteiger partial charge in [-0.2, -0.15) is 4.98 Å². The molecule has 3 atom stereocenters. The van der Waals surface area contributed by atoms with E-state index in [-0.39, 0.29) is 41.3 Å². The van der Waals surface area contributed by atoms with Crippen molar-refractivity contribution >= 4 is 49.8 Å². The molecule has 0 bridgehead atoms. The van der Waals surface area contributed by atoms with Crippen molar-refractivity contribution in [2.24, 2.45) is 5.92 Å². The molecule has 3 fully saturated rings. The van der Waals surface area contributed by atoms with Gasteiger partial charge >= 0.3 is 0 Å². The number of ether oxygens (including phenoxy) is 1. The van der Waals surface area contributed by atoms with Crippen LogP contribution in [0.3, 0.4) is 0 Å². The van der Waals surface area contributed by atoms with Crippen LogP contribution in [0.2, 0.25) is 0 Å². The van der Waals surface area contributed by atoms with Gasteiger partial charge in [-0.25, -0.2) is 18.4 Å². The summed E-state index contributed by atoms with van der Waals surface area (Å²) >= 11 is 0. The summed E-state index contributed by atoms with van der Waals surface area (Å²) in [6, 6.07) is 8.02. The van der Waals surface area contributed by atoms with Gasteiger partial charge in [-0.15, -0.1) is 0 Å². The number of hydrogen-bond acceptors (Lipinski definition) is 10. The fourth-order valence-electron chi connectivity index (χ4n) is 7.49. The van der Waals surface area contributed by atoms with E-state index in [4.69, 9.17) is 14.7 Å². The average molecular weight is 634 g/mol. The van der Waals surface area contributed by atoms with Crippen molar-refractivity contribution in [3.63, 3.8) is 0 Å². The van der Waals surface area contributed by atoms with Crippen LogP contribution in [0.5, 0.6) is 0 Å². The summed E-state index contributed by atoms with van der Waals surface area (Å²) in [4.78, 5) is 33.1. The largest absolute Gasteiger partial charge is 0.381 e. The highest BCUT2D eigenvalue weighted by Crippen LogP contribution is 2.49. The summed E-state index contributed by atoms with van der Waals surface area (Å²) in [7, 11) is -1.37.